The van der Waals surface area contributed by atoms with Crippen LogP contribution in [0.2, 0.25) is 0 Å². The van der Waals surface area contributed by atoms with E-state index in [-0.39, 0.29) is 41.3 Å². The molecule has 7 nitrogen and oxygen atoms in total. The molecule has 1 aliphatic carbocycles. The zero-order chi connectivity index (χ0) is 21.8. The van der Waals surface area contributed by atoms with E-state index in [4.69, 9.17) is 10.1 Å². The van der Waals surface area contributed by atoms with Crippen LogP contribution in [0.4, 0.5) is 0 Å². The fraction of sp³-hybridized carbons (Fsp3) is 0.609. The highest BCUT2D eigenvalue weighted by molar-refractivity contribution is 5.99. The quantitative estimate of drug-likeness (QED) is 0.709. The zero-order valence-corrected chi connectivity index (χ0v) is 18.5. The SMILES string of the molecule is Cc1ccc2c(c1)OC(C)(C)CC2NC(=O)[C@@H]1C[C@H]1CN1C(=N)NC(C)(C)CC1=O. The number of rotatable bonds is 4. The maximum absolute atomic E-state index is 13.0. The second-order valence-electron chi connectivity index (χ2n) is 10.3. The lowest BCUT2D eigenvalue weighted by molar-refractivity contribution is -0.131. The second-order valence-corrected chi connectivity index (χ2v) is 10.3. The van der Waals surface area contributed by atoms with Gasteiger partial charge in [-0.1, -0.05) is 12.1 Å². The average molecular weight is 413 g/mol. The lowest BCUT2D eigenvalue weighted by Crippen LogP contribution is -2.60. The van der Waals surface area contributed by atoms with Crippen molar-refractivity contribution in [3.05, 3.63) is 29.3 Å². The van der Waals surface area contributed by atoms with Crippen molar-refractivity contribution in [2.75, 3.05) is 6.54 Å². The van der Waals surface area contributed by atoms with Crippen LogP contribution in [0.25, 0.3) is 0 Å². The van der Waals surface area contributed by atoms with E-state index in [9.17, 15) is 9.59 Å². The summed E-state index contributed by atoms with van der Waals surface area (Å²) < 4.78 is 6.12. The molecule has 3 aliphatic rings. The highest BCUT2D eigenvalue weighted by Gasteiger charge is 2.47. The Labute approximate surface area is 178 Å². The first kappa shape index (κ1) is 20.7. The molecule has 0 radical (unpaired) electrons. The number of benzene rings is 1. The molecule has 4 rings (SSSR count). The summed E-state index contributed by atoms with van der Waals surface area (Å²) in [5.74, 6) is 0.939. The van der Waals surface area contributed by atoms with E-state index in [0.29, 0.717) is 19.4 Å². The summed E-state index contributed by atoms with van der Waals surface area (Å²) in [6.07, 6.45) is 1.81. The fourth-order valence-electron chi connectivity index (χ4n) is 4.59. The van der Waals surface area contributed by atoms with Crippen LogP contribution >= 0.6 is 0 Å². The van der Waals surface area contributed by atoms with Gasteiger partial charge in [0.1, 0.15) is 11.4 Å². The molecule has 2 heterocycles. The van der Waals surface area contributed by atoms with Crippen molar-refractivity contribution in [1.29, 1.82) is 5.41 Å². The summed E-state index contributed by atoms with van der Waals surface area (Å²) in [5.41, 5.74) is 1.40. The number of carbonyl (C=O) groups excluding carboxylic acids is 2. The Hall–Kier alpha value is -2.57. The molecule has 1 unspecified atom stereocenters. The van der Waals surface area contributed by atoms with Gasteiger partial charge in [0.05, 0.1) is 6.04 Å². The number of nitrogens with one attached hydrogen (secondary N) is 3. The zero-order valence-electron chi connectivity index (χ0n) is 18.5. The van der Waals surface area contributed by atoms with Gasteiger partial charge < -0.3 is 15.4 Å². The highest BCUT2D eigenvalue weighted by atomic mass is 16.5. The first-order chi connectivity index (χ1) is 13.9. The number of aryl methyl sites for hydroxylation is 1. The number of hydrogen-bond donors (Lipinski definition) is 3. The van der Waals surface area contributed by atoms with E-state index in [1.807, 2.05) is 52.8 Å². The van der Waals surface area contributed by atoms with Crippen LogP contribution in [0, 0.1) is 24.2 Å². The molecule has 3 atom stereocenters. The normalized spacial score (nSPS) is 28.8. The highest BCUT2D eigenvalue weighted by Crippen LogP contribution is 2.43. The van der Waals surface area contributed by atoms with Crippen molar-refractivity contribution in [2.45, 2.75) is 71.1 Å². The molecule has 0 bridgehead atoms. The third-order valence-corrected chi connectivity index (χ3v) is 6.24. The van der Waals surface area contributed by atoms with Gasteiger partial charge in [0.25, 0.3) is 0 Å². The van der Waals surface area contributed by atoms with Crippen LogP contribution in [0.1, 0.15) is 64.1 Å². The molecule has 1 saturated heterocycles. The van der Waals surface area contributed by atoms with Gasteiger partial charge in [-0.3, -0.25) is 19.9 Å². The second kappa shape index (κ2) is 7.00. The van der Waals surface area contributed by atoms with Gasteiger partial charge in [-0.2, -0.15) is 0 Å². The fourth-order valence-corrected chi connectivity index (χ4v) is 4.59. The third kappa shape index (κ3) is 4.16. The topological polar surface area (TPSA) is 94.5 Å². The minimum atomic E-state index is -0.396. The van der Waals surface area contributed by atoms with Crippen molar-refractivity contribution in [1.82, 2.24) is 15.5 Å². The van der Waals surface area contributed by atoms with Gasteiger partial charge in [0, 0.05) is 36.4 Å². The van der Waals surface area contributed by atoms with E-state index >= 15 is 0 Å². The van der Waals surface area contributed by atoms with Gasteiger partial charge in [0.15, 0.2) is 5.96 Å². The van der Waals surface area contributed by atoms with Crippen LogP contribution in [0.3, 0.4) is 0 Å². The number of ether oxygens (including phenoxy) is 1. The van der Waals surface area contributed by atoms with Gasteiger partial charge in [-0.05, 0) is 58.6 Å². The largest absolute Gasteiger partial charge is 0.487 e. The van der Waals surface area contributed by atoms with Crippen molar-refractivity contribution in [3.63, 3.8) is 0 Å². The van der Waals surface area contributed by atoms with E-state index in [1.165, 1.54) is 4.90 Å². The molecule has 1 aromatic carbocycles. The number of carbonyl (C=O) groups is 2. The lowest BCUT2D eigenvalue weighted by atomic mass is 9.89. The summed E-state index contributed by atoms with van der Waals surface area (Å²) in [7, 11) is 0. The first-order valence-corrected chi connectivity index (χ1v) is 10.7. The minimum absolute atomic E-state index is 0.0264. The van der Waals surface area contributed by atoms with Crippen LogP contribution in [-0.2, 0) is 9.59 Å². The molecule has 3 N–H and O–H groups in total. The number of nitrogens with zero attached hydrogens (tertiary/aromatic N) is 1. The Bertz CT molecular complexity index is 888. The van der Waals surface area contributed by atoms with E-state index in [1.54, 1.807) is 0 Å². The molecule has 2 aliphatic heterocycles. The van der Waals surface area contributed by atoms with Crippen molar-refractivity contribution in [2.24, 2.45) is 11.8 Å². The maximum atomic E-state index is 13.0. The summed E-state index contributed by atoms with van der Waals surface area (Å²) in [6, 6.07) is 6.02. The number of amides is 2. The molecule has 1 saturated carbocycles. The summed E-state index contributed by atoms with van der Waals surface area (Å²) in [5, 5.41) is 14.5. The van der Waals surface area contributed by atoms with Crippen LogP contribution < -0.4 is 15.4 Å². The van der Waals surface area contributed by atoms with Crippen LogP contribution in [0.5, 0.6) is 5.75 Å². The third-order valence-electron chi connectivity index (χ3n) is 6.24. The number of fused-ring (bicyclic) bond motifs is 1. The van der Waals surface area contributed by atoms with Gasteiger partial charge in [0.2, 0.25) is 11.8 Å². The Morgan fingerprint density at radius 1 is 1.33 bits per heavy atom. The minimum Gasteiger partial charge on any atom is -0.487 e. The molecule has 2 amide bonds. The Balaban J connectivity index is 1.39. The van der Waals surface area contributed by atoms with E-state index < -0.39 is 5.54 Å². The van der Waals surface area contributed by atoms with Crippen LogP contribution in [0.15, 0.2) is 18.2 Å². The maximum Gasteiger partial charge on any atom is 0.231 e. The Morgan fingerprint density at radius 3 is 2.77 bits per heavy atom. The molecular formula is C23H32N4O3. The van der Waals surface area contributed by atoms with Gasteiger partial charge >= 0.3 is 0 Å². The summed E-state index contributed by atoms with van der Waals surface area (Å²) in [6.45, 7) is 10.4. The average Bonchev–Trinajstić information content (AvgIpc) is 3.35. The summed E-state index contributed by atoms with van der Waals surface area (Å²) >= 11 is 0. The Kier molecular flexibility index (Phi) is 4.83. The predicted octanol–water partition coefficient (Wildman–Crippen LogP) is 2.88. The smallest absolute Gasteiger partial charge is 0.231 e. The van der Waals surface area contributed by atoms with E-state index in [0.717, 1.165) is 23.3 Å². The standard InChI is InChI=1S/C23H32N4O3/c1-13-6-7-15-17(10-23(4,5)30-18(15)8-13)25-20(29)16-9-14(16)12-27-19(28)11-22(2,3)26-21(27)24/h6-8,14,16-17H,9-12H2,1-5H3,(H2,24,26)(H,25,29)/t14-,16+,17?/m0/s1. The lowest BCUT2D eigenvalue weighted by Gasteiger charge is -2.38. The Morgan fingerprint density at radius 2 is 2.07 bits per heavy atom. The molecule has 0 aromatic heterocycles. The molecule has 2 fully saturated rings. The van der Waals surface area contributed by atoms with E-state index in [2.05, 4.69) is 10.6 Å². The molecule has 7 heteroatoms. The van der Waals surface area contributed by atoms with Crippen molar-refractivity contribution in [3.8, 4) is 5.75 Å². The monoisotopic (exact) mass is 412 g/mol. The number of hydrogen-bond acceptors (Lipinski definition) is 4. The van der Waals surface area contributed by atoms with Crippen molar-refractivity contribution >= 4 is 17.8 Å². The summed E-state index contributed by atoms with van der Waals surface area (Å²) in [4.78, 5) is 26.9. The van der Waals surface area contributed by atoms with Crippen molar-refractivity contribution < 1.29 is 14.3 Å². The predicted molar refractivity (Wildman–Crippen MR) is 114 cm³/mol. The number of guanidine groups is 1. The molecule has 0 spiro atoms. The molecule has 1 aromatic rings. The van der Waals surface area contributed by atoms with Gasteiger partial charge in [-0.15, -0.1) is 0 Å². The molecule has 30 heavy (non-hydrogen) atoms. The van der Waals surface area contributed by atoms with Gasteiger partial charge in [-0.25, -0.2) is 0 Å². The molecule has 162 valence electrons. The first-order valence-electron chi connectivity index (χ1n) is 10.7. The van der Waals surface area contributed by atoms with Crippen LogP contribution in [-0.4, -0.2) is 40.4 Å². The molecular weight excluding hydrogens is 380 g/mol.